The fourth-order valence-electron chi connectivity index (χ4n) is 8.25. The topological polar surface area (TPSA) is 8.17 Å². The predicted molar refractivity (Wildman–Crippen MR) is 214 cm³/mol. The Labute approximate surface area is 291 Å². The molecule has 1 heterocycles. The minimum atomic E-state index is 1.14. The lowest BCUT2D eigenvalue weighted by atomic mass is 9.89. The number of rotatable bonds is 5. The van der Waals surface area contributed by atoms with Crippen molar-refractivity contribution in [2.45, 2.75) is 13.8 Å². The lowest BCUT2D eigenvalue weighted by Crippen LogP contribution is -2.12. The van der Waals surface area contributed by atoms with Gasteiger partial charge in [0.2, 0.25) is 0 Å². The van der Waals surface area contributed by atoms with Crippen LogP contribution in [0, 0.1) is 13.8 Å². The highest BCUT2D eigenvalue weighted by atomic mass is 15.1. The zero-order valence-corrected chi connectivity index (χ0v) is 28.1. The molecule has 50 heavy (non-hydrogen) atoms. The van der Waals surface area contributed by atoms with E-state index < -0.39 is 0 Å². The zero-order valence-electron chi connectivity index (χ0n) is 28.1. The van der Waals surface area contributed by atoms with E-state index in [0.29, 0.717) is 0 Å². The Hall–Kier alpha value is -6.38. The molecule has 0 atom stereocenters. The third kappa shape index (κ3) is 4.22. The van der Waals surface area contributed by atoms with Crippen LogP contribution in [-0.4, -0.2) is 4.57 Å². The fourth-order valence-corrected chi connectivity index (χ4v) is 8.25. The Morgan fingerprint density at radius 2 is 1.04 bits per heavy atom. The van der Waals surface area contributed by atoms with Gasteiger partial charge in [0.25, 0.3) is 0 Å². The van der Waals surface area contributed by atoms with Crippen LogP contribution in [0.15, 0.2) is 170 Å². The maximum atomic E-state index is 2.45. The highest BCUT2D eigenvalue weighted by Crippen LogP contribution is 2.45. The van der Waals surface area contributed by atoms with Crippen molar-refractivity contribution in [1.82, 2.24) is 4.57 Å². The van der Waals surface area contributed by atoms with E-state index in [1.165, 1.54) is 93.4 Å². The van der Waals surface area contributed by atoms with Gasteiger partial charge in [0.15, 0.2) is 0 Å². The molecule has 0 bridgehead atoms. The first-order valence-electron chi connectivity index (χ1n) is 17.4. The second kappa shape index (κ2) is 11.1. The molecule has 2 nitrogen and oxygen atoms in total. The monoisotopic (exact) mass is 638 g/mol. The van der Waals surface area contributed by atoms with Gasteiger partial charge < -0.3 is 9.47 Å². The van der Waals surface area contributed by atoms with Gasteiger partial charge in [-0.1, -0.05) is 121 Å². The van der Waals surface area contributed by atoms with E-state index in [1.807, 2.05) is 0 Å². The van der Waals surface area contributed by atoms with Gasteiger partial charge in [-0.15, -0.1) is 0 Å². The molecule has 0 amide bonds. The zero-order chi connectivity index (χ0) is 33.3. The summed E-state index contributed by atoms with van der Waals surface area (Å²) in [6.07, 6.45) is 0. The van der Waals surface area contributed by atoms with E-state index in [2.05, 4.69) is 193 Å². The summed E-state index contributed by atoms with van der Waals surface area (Å²) >= 11 is 0. The molecule has 0 aliphatic heterocycles. The lowest BCUT2D eigenvalue weighted by Gasteiger charge is -2.28. The molecular weight excluding hydrogens is 605 g/mol. The number of aromatic nitrogens is 1. The summed E-state index contributed by atoms with van der Waals surface area (Å²) in [6, 6.07) is 62.3. The third-order valence-corrected chi connectivity index (χ3v) is 10.6. The molecule has 2 heteroatoms. The lowest BCUT2D eigenvalue weighted by molar-refractivity contribution is 1.19. The van der Waals surface area contributed by atoms with E-state index in [0.717, 1.165) is 5.69 Å². The molecule has 9 aromatic carbocycles. The largest absolute Gasteiger partial charge is 0.310 e. The summed E-state index contributed by atoms with van der Waals surface area (Å²) in [5, 5.41) is 10.3. The number of nitrogens with zero attached hydrogens (tertiary/aromatic N) is 2. The van der Waals surface area contributed by atoms with E-state index in [1.54, 1.807) is 0 Å². The Morgan fingerprint density at radius 3 is 1.78 bits per heavy atom. The smallest absolute Gasteiger partial charge is 0.0620 e. The van der Waals surface area contributed by atoms with Crippen molar-refractivity contribution in [2.24, 2.45) is 0 Å². The molecule has 236 valence electrons. The Balaban J connectivity index is 1.18. The molecule has 0 unspecified atom stereocenters. The van der Waals surface area contributed by atoms with Gasteiger partial charge in [0.05, 0.1) is 11.0 Å². The van der Waals surface area contributed by atoms with Crippen molar-refractivity contribution in [3.05, 3.63) is 181 Å². The fraction of sp³-hybridized carbons (Fsp3) is 0.0417. The van der Waals surface area contributed by atoms with E-state index in [-0.39, 0.29) is 0 Å². The van der Waals surface area contributed by atoms with Crippen molar-refractivity contribution >= 4 is 71.2 Å². The van der Waals surface area contributed by atoms with Crippen LogP contribution in [0.5, 0.6) is 0 Å². The van der Waals surface area contributed by atoms with Crippen molar-refractivity contribution in [3.8, 4) is 16.8 Å². The first-order valence-corrected chi connectivity index (χ1v) is 17.4. The summed E-state index contributed by atoms with van der Waals surface area (Å²) in [5.74, 6) is 0. The Morgan fingerprint density at radius 1 is 0.440 bits per heavy atom. The van der Waals surface area contributed by atoms with Crippen LogP contribution in [-0.2, 0) is 0 Å². The second-order valence-electron chi connectivity index (χ2n) is 13.5. The highest BCUT2D eigenvalue weighted by molar-refractivity contribution is 6.32. The van der Waals surface area contributed by atoms with Crippen molar-refractivity contribution in [2.75, 3.05) is 4.90 Å². The van der Waals surface area contributed by atoms with Gasteiger partial charge in [0, 0.05) is 38.9 Å². The first kappa shape index (κ1) is 28.6. The molecule has 0 fully saturated rings. The minimum Gasteiger partial charge on any atom is -0.310 e. The number of hydrogen-bond donors (Lipinski definition) is 0. The highest BCUT2D eigenvalue weighted by Gasteiger charge is 2.20. The number of para-hydroxylation sites is 4. The Bertz CT molecular complexity index is 2830. The van der Waals surface area contributed by atoms with Gasteiger partial charge in [0.1, 0.15) is 0 Å². The molecule has 0 N–H and O–H groups in total. The standard InChI is InChI=1S/C48H34N2/c1-31-12-6-9-17-43(31)49(44-18-10-7-13-32(44)2)37-25-20-33(21-26-37)38-27-22-34-23-29-41-47-35(24-28-40(38)46(34)47)30-42-39-16-8-11-19-45(39)50(48(41)42)36-14-4-3-5-15-36/h3-30H,1-2H3. The number of benzene rings is 9. The SMILES string of the molecule is Cc1ccccc1N(c1ccc(-c2ccc3ccc4c5c(ccc2c35)cc2c3ccccc3n(-c3ccccc3)c24)cc1)c1ccccc1C. The second-order valence-corrected chi connectivity index (χ2v) is 13.5. The van der Waals surface area contributed by atoms with Crippen LogP contribution in [0.3, 0.4) is 0 Å². The number of fused-ring (bicyclic) bond motifs is 4. The molecule has 0 aliphatic rings. The molecule has 0 radical (unpaired) electrons. The summed E-state index contributed by atoms with van der Waals surface area (Å²) in [6.45, 7) is 4.37. The number of aryl methyl sites for hydroxylation is 2. The maximum Gasteiger partial charge on any atom is 0.0620 e. The van der Waals surface area contributed by atoms with Crippen LogP contribution in [0.1, 0.15) is 11.1 Å². The molecule has 0 aliphatic carbocycles. The Kier molecular flexibility index (Phi) is 6.34. The van der Waals surface area contributed by atoms with Crippen molar-refractivity contribution < 1.29 is 0 Å². The van der Waals surface area contributed by atoms with Crippen LogP contribution in [0.25, 0.3) is 70.9 Å². The third-order valence-electron chi connectivity index (χ3n) is 10.6. The van der Waals surface area contributed by atoms with Crippen LogP contribution >= 0.6 is 0 Å². The summed E-state index contributed by atoms with van der Waals surface area (Å²) in [5.41, 5.74) is 12.2. The molecular formula is C48H34N2. The van der Waals surface area contributed by atoms with Crippen LogP contribution in [0.4, 0.5) is 17.1 Å². The average molecular weight is 639 g/mol. The van der Waals surface area contributed by atoms with Gasteiger partial charge in [-0.2, -0.15) is 0 Å². The molecule has 0 saturated heterocycles. The average Bonchev–Trinajstić information content (AvgIpc) is 3.50. The number of anilines is 3. The normalized spacial score (nSPS) is 11.8. The summed E-state index contributed by atoms with van der Waals surface area (Å²) in [7, 11) is 0. The molecule has 0 saturated carbocycles. The molecule has 10 aromatic rings. The summed E-state index contributed by atoms with van der Waals surface area (Å²) in [4.78, 5) is 2.38. The van der Waals surface area contributed by atoms with Crippen molar-refractivity contribution in [3.63, 3.8) is 0 Å². The van der Waals surface area contributed by atoms with Gasteiger partial charge >= 0.3 is 0 Å². The van der Waals surface area contributed by atoms with Crippen LogP contribution < -0.4 is 4.90 Å². The molecule has 0 spiro atoms. The minimum absolute atomic E-state index is 1.14. The van der Waals surface area contributed by atoms with E-state index >= 15 is 0 Å². The van der Waals surface area contributed by atoms with Crippen LogP contribution in [0.2, 0.25) is 0 Å². The quantitative estimate of drug-likeness (QED) is 0.170. The van der Waals surface area contributed by atoms with E-state index in [9.17, 15) is 0 Å². The van der Waals surface area contributed by atoms with Gasteiger partial charge in [-0.3, -0.25) is 0 Å². The molecule has 1 aromatic heterocycles. The van der Waals surface area contributed by atoms with E-state index in [4.69, 9.17) is 0 Å². The van der Waals surface area contributed by atoms with Gasteiger partial charge in [-0.05, 0) is 112 Å². The van der Waals surface area contributed by atoms with Crippen molar-refractivity contribution in [1.29, 1.82) is 0 Å². The van der Waals surface area contributed by atoms with Gasteiger partial charge in [-0.25, -0.2) is 0 Å². The first-order chi connectivity index (χ1) is 24.7. The summed E-state index contributed by atoms with van der Waals surface area (Å²) < 4.78 is 2.45. The number of hydrogen-bond acceptors (Lipinski definition) is 1. The predicted octanol–water partition coefficient (Wildman–Crippen LogP) is 13.4. The molecule has 10 rings (SSSR count). The maximum absolute atomic E-state index is 2.45.